The maximum absolute atomic E-state index is 13.0. The Kier molecular flexibility index (Phi) is 5.09. The van der Waals surface area contributed by atoms with Crippen molar-refractivity contribution < 1.29 is 4.39 Å². The van der Waals surface area contributed by atoms with Crippen molar-refractivity contribution in [2.75, 3.05) is 24.5 Å². The van der Waals surface area contributed by atoms with Crippen molar-refractivity contribution in [1.29, 1.82) is 0 Å². The fraction of sp³-hybridized carbons (Fsp3) is 0.350. The van der Waals surface area contributed by atoms with Gasteiger partial charge in [-0.2, -0.15) is 0 Å². The van der Waals surface area contributed by atoms with E-state index in [9.17, 15) is 4.39 Å². The van der Waals surface area contributed by atoms with Gasteiger partial charge in [0.05, 0.1) is 11.0 Å². The number of nitrogens with zero attached hydrogens (tertiary/aromatic N) is 2. The minimum Gasteiger partial charge on any atom is -0.370 e. The van der Waals surface area contributed by atoms with Crippen molar-refractivity contribution in [3.63, 3.8) is 0 Å². The van der Waals surface area contributed by atoms with E-state index < -0.39 is 0 Å². The average molecular weight is 373 g/mol. The molecule has 4 nitrogen and oxygen atoms in total. The molecule has 6 heteroatoms. The molecule has 0 spiro atoms. The first kappa shape index (κ1) is 17.3. The summed E-state index contributed by atoms with van der Waals surface area (Å²) in [7, 11) is 0. The van der Waals surface area contributed by atoms with E-state index in [-0.39, 0.29) is 5.82 Å². The fourth-order valence-electron chi connectivity index (χ4n) is 3.53. The molecule has 4 rings (SSSR count). The highest BCUT2D eigenvalue weighted by atomic mass is 35.5. The van der Waals surface area contributed by atoms with E-state index in [0.717, 1.165) is 66.5 Å². The molecule has 136 valence electrons. The summed E-state index contributed by atoms with van der Waals surface area (Å²) in [6, 6.07) is 13.0. The quantitative estimate of drug-likeness (QED) is 0.639. The maximum Gasteiger partial charge on any atom is 0.123 e. The summed E-state index contributed by atoms with van der Waals surface area (Å²) < 4.78 is 13.0. The molecular weight excluding hydrogens is 351 g/mol. The highest BCUT2D eigenvalue weighted by molar-refractivity contribution is 6.31. The molecule has 1 aromatic heterocycles. The summed E-state index contributed by atoms with van der Waals surface area (Å²) in [5.41, 5.74) is 3.05. The van der Waals surface area contributed by atoms with Crippen molar-refractivity contribution in [3.05, 3.63) is 59.1 Å². The van der Waals surface area contributed by atoms with Crippen LogP contribution in [0.3, 0.4) is 0 Å². The molecule has 1 atom stereocenters. The van der Waals surface area contributed by atoms with Crippen LogP contribution in [0.25, 0.3) is 11.0 Å². The van der Waals surface area contributed by atoms with Crippen LogP contribution in [-0.4, -0.2) is 35.6 Å². The van der Waals surface area contributed by atoms with Crippen LogP contribution in [0, 0.1) is 5.82 Å². The highest BCUT2D eigenvalue weighted by Crippen LogP contribution is 2.21. The largest absolute Gasteiger partial charge is 0.370 e. The Labute approximate surface area is 157 Å². The summed E-state index contributed by atoms with van der Waals surface area (Å²) in [5.74, 6) is 0.818. The molecule has 3 aromatic rings. The zero-order chi connectivity index (χ0) is 17.9. The van der Waals surface area contributed by atoms with Gasteiger partial charge in [-0.05, 0) is 61.9 Å². The zero-order valence-corrected chi connectivity index (χ0v) is 15.3. The van der Waals surface area contributed by atoms with Gasteiger partial charge in [-0.1, -0.05) is 11.6 Å². The summed E-state index contributed by atoms with van der Waals surface area (Å²) >= 11 is 6.01. The number of benzene rings is 2. The van der Waals surface area contributed by atoms with Crippen LogP contribution in [0.1, 0.15) is 18.7 Å². The molecule has 26 heavy (non-hydrogen) atoms. The Hall–Kier alpha value is -2.11. The van der Waals surface area contributed by atoms with E-state index in [1.165, 1.54) is 12.1 Å². The lowest BCUT2D eigenvalue weighted by atomic mass is 10.2. The first-order valence-corrected chi connectivity index (χ1v) is 9.43. The third-order valence-electron chi connectivity index (χ3n) is 4.90. The predicted octanol–water partition coefficient (Wildman–Crippen LogP) is 4.16. The van der Waals surface area contributed by atoms with E-state index in [4.69, 9.17) is 11.6 Å². The Morgan fingerprint density at radius 3 is 2.92 bits per heavy atom. The maximum atomic E-state index is 13.0. The molecule has 1 saturated heterocycles. The van der Waals surface area contributed by atoms with E-state index in [0.29, 0.717) is 6.04 Å². The lowest BCUT2D eigenvalue weighted by Gasteiger charge is -2.19. The van der Waals surface area contributed by atoms with Crippen LogP contribution in [0.4, 0.5) is 10.1 Å². The van der Waals surface area contributed by atoms with Crippen LogP contribution in [0.15, 0.2) is 42.5 Å². The zero-order valence-electron chi connectivity index (χ0n) is 14.5. The second-order valence-electron chi connectivity index (χ2n) is 6.81. The number of halogens is 2. The molecule has 0 bridgehead atoms. The number of aryl methyl sites for hydroxylation is 1. The average Bonchev–Trinajstić information content (AvgIpc) is 3.25. The van der Waals surface area contributed by atoms with Crippen molar-refractivity contribution in [2.24, 2.45) is 0 Å². The topological polar surface area (TPSA) is 44.0 Å². The fourth-order valence-corrected chi connectivity index (χ4v) is 3.70. The number of fused-ring (bicyclic) bond motifs is 1. The van der Waals surface area contributed by atoms with Crippen molar-refractivity contribution in [3.8, 4) is 0 Å². The first-order chi connectivity index (χ1) is 12.7. The molecule has 2 aromatic carbocycles. The molecule has 0 amide bonds. The van der Waals surface area contributed by atoms with Gasteiger partial charge in [0.1, 0.15) is 11.6 Å². The number of hydrogen-bond donors (Lipinski definition) is 2. The van der Waals surface area contributed by atoms with Crippen LogP contribution in [-0.2, 0) is 6.42 Å². The van der Waals surface area contributed by atoms with Crippen molar-refractivity contribution in [2.45, 2.75) is 25.3 Å². The van der Waals surface area contributed by atoms with Crippen LogP contribution >= 0.6 is 11.6 Å². The lowest BCUT2D eigenvalue weighted by molar-refractivity contribution is 0.537. The summed E-state index contributed by atoms with van der Waals surface area (Å²) in [4.78, 5) is 10.2. The second kappa shape index (κ2) is 7.64. The van der Waals surface area contributed by atoms with Crippen molar-refractivity contribution >= 4 is 28.3 Å². The molecule has 0 radical (unpaired) electrons. The summed E-state index contributed by atoms with van der Waals surface area (Å²) in [6.45, 7) is 2.93. The lowest BCUT2D eigenvalue weighted by Crippen LogP contribution is -2.33. The number of aromatic nitrogens is 2. The second-order valence-corrected chi connectivity index (χ2v) is 7.25. The third kappa shape index (κ3) is 4.00. The Morgan fingerprint density at radius 1 is 1.23 bits per heavy atom. The van der Waals surface area contributed by atoms with Crippen LogP contribution in [0.2, 0.25) is 5.02 Å². The first-order valence-electron chi connectivity index (χ1n) is 9.05. The van der Waals surface area contributed by atoms with Gasteiger partial charge in [0.15, 0.2) is 0 Å². The number of hydrogen-bond acceptors (Lipinski definition) is 3. The third-order valence-corrected chi connectivity index (χ3v) is 5.13. The minimum absolute atomic E-state index is 0.185. The van der Waals surface area contributed by atoms with Gasteiger partial charge in [0.25, 0.3) is 0 Å². The molecule has 1 aliphatic heterocycles. The summed E-state index contributed by atoms with van der Waals surface area (Å²) in [6.07, 6.45) is 3.05. The van der Waals surface area contributed by atoms with Gasteiger partial charge in [-0.15, -0.1) is 0 Å². The van der Waals surface area contributed by atoms with Gasteiger partial charge in [0, 0.05) is 36.3 Å². The minimum atomic E-state index is -0.185. The molecule has 1 aliphatic rings. The van der Waals surface area contributed by atoms with Gasteiger partial charge >= 0.3 is 0 Å². The monoisotopic (exact) mass is 372 g/mol. The van der Waals surface area contributed by atoms with Gasteiger partial charge in [0.2, 0.25) is 0 Å². The molecule has 2 N–H and O–H groups in total. The number of aromatic amines is 1. The SMILES string of the molecule is Fc1ccc(N2CCC(NCCCc3nc4ccc(Cl)cc4[nH]3)C2)cc1. The van der Waals surface area contributed by atoms with E-state index >= 15 is 0 Å². The summed E-state index contributed by atoms with van der Waals surface area (Å²) in [5, 5.41) is 4.35. The molecule has 1 fully saturated rings. The molecule has 0 saturated carbocycles. The van der Waals surface area contributed by atoms with Gasteiger partial charge in [-0.3, -0.25) is 0 Å². The molecular formula is C20H22ClFN4. The smallest absolute Gasteiger partial charge is 0.123 e. The normalized spacial score (nSPS) is 17.3. The van der Waals surface area contributed by atoms with Gasteiger partial charge < -0.3 is 15.2 Å². The predicted molar refractivity (Wildman–Crippen MR) is 104 cm³/mol. The van der Waals surface area contributed by atoms with Crippen LogP contribution < -0.4 is 10.2 Å². The number of imidazole rings is 1. The number of anilines is 1. The molecule has 1 unspecified atom stereocenters. The highest BCUT2D eigenvalue weighted by Gasteiger charge is 2.21. The van der Waals surface area contributed by atoms with Crippen LogP contribution in [0.5, 0.6) is 0 Å². The van der Waals surface area contributed by atoms with E-state index in [1.807, 2.05) is 30.3 Å². The Balaban J connectivity index is 1.23. The number of rotatable bonds is 6. The number of H-pyrrole nitrogens is 1. The Bertz CT molecular complexity index is 877. The van der Waals surface area contributed by atoms with Crippen molar-refractivity contribution in [1.82, 2.24) is 15.3 Å². The van der Waals surface area contributed by atoms with E-state index in [2.05, 4.69) is 20.2 Å². The van der Waals surface area contributed by atoms with Gasteiger partial charge in [-0.25, -0.2) is 9.37 Å². The molecule has 2 heterocycles. The molecule has 0 aliphatic carbocycles. The van der Waals surface area contributed by atoms with E-state index in [1.54, 1.807) is 0 Å². The Morgan fingerprint density at radius 2 is 2.08 bits per heavy atom. The standard InChI is InChI=1S/C20H22ClFN4/c21-14-3-8-18-19(12-14)25-20(24-18)2-1-10-23-16-9-11-26(13-16)17-6-4-15(22)5-7-17/h3-8,12,16,23H,1-2,9-11,13H2,(H,24,25). The number of nitrogens with one attached hydrogen (secondary N) is 2.